The number of likely N-dealkylation sites (N-methyl/N-ethyl adjacent to an activating group) is 2. The van der Waals surface area contributed by atoms with Gasteiger partial charge in [-0.15, -0.1) is 0 Å². The lowest BCUT2D eigenvalue weighted by Crippen LogP contribution is -2.38. The molecule has 0 saturated heterocycles. The Labute approximate surface area is 134 Å². The molecule has 1 amide bonds. The standard InChI is InChI=1S/C13H27N3O4.C2H6/c1-12(17)11-20-9-8-19-7-5-15-13(18)10-16(3)6-4-14-2;1-2/h14H,4-11H2,1-3H3,(H,15,18);1-2H3. The predicted octanol–water partition coefficient (Wildman–Crippen LogP) is -0.0978. The van der Waals surface area contributed by atoms with Crippen LogP contribution in [0.4, 0.5) is 0 Å². The Kier molecular flexibility index (Phi) is 19.1. The molecule has 0 saturated carbocycles. The molecule has 0 fully saturated rings. The minimum Gasteiger partial charge on any atom is -0.377 e. The number of hydrogen-bond donors (Lipinski definition) is 2. The average molecular weight is 319 g/mol. The van der Waals surface area contributed by atoms with Crippen molar-refractivity contribution in [1.29, 1.82) is 0 Å². The van der Waals surface area contributed by atoms with Gasteiger partial charge in [0.1, 0.15) is 6.61 Å². The molecule has 0 aliphatic rings. The lowest BCUT2D eigenvalue weighted by atomic mass is 10.4. The first-order valence-electron chi connectivity index (χ1n) is 7.81. The molecule has 2 N–H and O–H groups in total. The number of Topliss-reactive ketones (excluding diaryl/α,β-unsaturated/α-hetero) is 1. The summed E-state index contributed by atoms with van der Waals surface area (Å²) in [5.41, 5.74) is 0. The lowest BCUT2D eigenvalue weighted by Gasteiger charge is -2.15. The highest BCUT2D eigenvalue weighted by atomic mass is 16.5. The Balaban J connectivity index is 0. The van der Waals surface area contributed by atoms with Gasteiger partial charge in [-0.05, 0) is 21.0 Å². The number of nitrogens with zero attached hydrogens (tertiary/aromatic N) is 1. The molecule has 0 aromatic carbocycles. The van der Waals surface area contributed by atoms with Crippen molar-refractivity contribution in [3.05, 3.63) is 0 Å². The zero-order chi connectivity index (χ0) is 17.2. The van der Waals surface area contributed by atoms with Crippen LogP contribution in [-0.4, -0.2) is 83.3 Å². The number of nitrogens with one attached hydrogen (secondary N) is 2. The monoisotopic (exact) mass is 319 g/mol. The number of hydrogen-bond acceptors (Lipinski definition) is 6. The molecule has 22 heavy (non-hydrogen) atoms. The molecule has 0 atom stereocenters. The molecule has 132 valence electrons. The van der Waals surface area contributed by atoms with Crippen LogP contribution in [-0.2, 0) is 19.1 Å². The maximum absolute atomic E-state index is 11.5. The van der Waals surface area contributed by atoms with Crippen LogP contribution < -0.4 is 10.6 Å². The maximum Gasteiger partial charge on any atom is 0.234 e. The van der Waals surface area contributed by atoms with Crippen molar-refractivity contribution in [2.24, 2.45) is 0 Å². The first kappa shape index (κ1) is 23.2. The van der Waals surface area contributed by atoms with Gasteiger partial charge in [-0.25, -0.2) is 0 Å². The molecule has 0 aliphatic heterocycles. The molecule has 0 aromatic rings. The van der Waals surface area contributed by atoms with E-state index in [2.05, 4.69) is 10.6 Å². The van der Waals surface area contributed by atoms with Gasteiger partial charge in [0.05, 0.1) is 26.4 Å². The Hall–Kier alpha value is -1.02. The Bertz CT molecular complexity index is 276. The number of ketones is 1. The SMILES string of the molecule is CC.CNCCN(C)CC(=O)NCCOCCOCC(C)=O. The van der Waals surface area contributed by atoms with Gasteiger partial charge in [0.25, 0.3) is 0 Å². The first-order valence-corrected chi connectivity index (χ1v) is 7.81. The van der Waals surface area contributed by atoms with E-state index in [1.807, 2.05) is 32.8 Å². The van der Waals surface area contributed by atoms with Gasteiger partial charge in [-0.2, -0.15) is 0 Å². The highest BCUT2D eigenvalue weighted by Gasteiger charge is 2.04. The Morgan fingerprint density at radius 3 is 2.27 bits per heavy atom. The van der Waals surface area contributed by atoms with Crippen LogP contribution in [0.5, 0.6) is 0 Å². The van der Waals surface area contributed by atoms with E-state index in [0.29, 0.717) is 32.9 Å². The summed E-state index contributed by atoms with van der Waals surface area (Å²) in [6.07, 6.45) is 0. The third-order valence-electron chi connectivity index (χ3n) is 2.40. The van der Waals surface area contributed by atoms with Gasteiger partial charge in [0.2, 0.25) is 5.91 Å². The van der Waals surface area contributed by atoms with Gasteiger partial charge in [0.15, 0.2) is 5.78 Å². The normalized spacial score (nSPS) is 10.1. The van der Waals surface area contributed by atoms with Crippen LogP contribution in [0.25, 0.3) is 0 Å². The minimum atomic E-state index is -0.0139. The van der Waals surface area contributed by atoms with Crippen molar-refractivity contribution < 1.29 is 19.1 Å². The third kappa shape index (κ3) is 19.0. The Morgan fingerprint density at radius 1 is 1.05 bits per heavy atom. The first-order chi connectivity index (χ1) is 10.6. The molecule has 0 rings (SSSR count). The predicted molar refractivity (Wildman–Crippen MR) is 88.1 cm³/mol. The van der Waals surface area contributed by atoms with Gasteiger partial charge in [-0.3, -0.25) is 14.5 Å². The van der Waals surface area contributed by atoms with Crippen molar-refractivity contribution in [2.45, 2.75) is 20.8 Å². The van der Waals surface area contributed by atoms with Crippen molar-refractivity contribution in [3.8, 4) is 0 Å². The van der Waals surface area contributed by atoms with Crippen molar-refractivity contribution in [2.75, 3.05) is 66.7 Å². The van der Waals surface area contributed by atoms with Gasteiger partial charge < -0.3 is 20.1 Å². The van der Waals surface area contributed by atoms with Crippen molar-refractivity contribution in [1.82, 2.24) is 15.5 Å². The van der Waals surface area contributed by atoms with Crippen LogP contribution in [0.1, 0.15) is 20.8 Å². The van der Waals surface area contributed by atoms with E-state index < -0.39 is 0 Å². The fourth-order valence-electron chi connectivity index (χ4n) is 1.38. The van der Waals surface area contributed by atoms with Gasteiger partial charge in [0, 0.05) is 19.6 Å². The summed E-state index contributed by atoms with van der Waals surface area (Å²) in [5, 5.41) is 5.81. The highest BCUT2D eigenvalue weighted by Crippen LogP contribution is 1.82. The third-order valence-corrected chi connectivity index (χ3v) is 2.40. The van der Waals surface area contributed by atoms with E-state index in [-0.39, 0.29) is 18.3 Å². The van der Waals surface area contributed by atoms with Gasteiger partial charge >= 0.3 is 0 Å². The largest absolute Gasteiger partial charge is 0.377 e. The lowest BCUT2D eigenvalue weighted by molar-refractivity contribution is -0.123. The summed E-state index contributed by atoms with van der Waals surface area (Å²) in [4.78, 5) is 24.1. The van der Waals surface area contributed by atoms with E-state index >= 15 is 0 Å². The van der Waals surface area contributed by atoms with Crippen LogP contribution in [0, 0.1) is 0 Å². The molecule has 0 radical (unpaired) electrons. The smallest absolute Gasteiger partial charge is 0.234 e. The molecule has 0 unspecified atom stereocenters. The number of carbonyl (C=O) groups is 2. The maximum atomic E-state index is 11.5. The molecule has 0 bridgehead atoms. The summed E-state index contributed by atoms with van der Waals surface area (Å²) in [5.74, 6) is -0.0142. The van der Waals surface area contributed by atoms with E-state index in [4.69, 9.17) is 9.47 Å². The van der Waals surface area contributed by atoms with Crippen molar-refractivity contribution in [3.63, 3.8) is 0 Å². The van der Waals surface area contributed by atoms with E-state index in [1.165, 1.54) is 6.92 Å². The minimum absolute atomic E-state index is 0.000318. The van der Waals surface area contributed by atoms with Crippen LogP contribution in [0.15, 0.2) is 0 Å². The zero-order valence-corrected chi connectivity index (χ0v) is 14.7. The van der Waals surface area contributed by atoms with E-state index in [0.717, 1.165) is 13.1 Å². The van der Waals surface area contributed by atoms with Crippen LogP contribution in [0.3, 0.4) is 0 Å². The summed E-state index contributed by atoms with van der Waals surface area (Å²) < 4.78 is 10.3. The van der Waals surface area contributed by atoms with Crippen LogP contribution >= 0.6 is 0 Å². The summed E-state index contributed by atoms with van der Waals surface area (Å²) >= 11 is 0. The zero-order valence-electron chi connectivity index (χ0n) is 14.7. The highest BCUT2D eigenvalue weighted by molar-refractivity contribution is 5.78. The summed E-state index contributed by atoms with van der Waals surface area (Å²) in [7, 11) is 3.78. The fraction of sp³-hybridized carbons (Fsp3) is 0.867. The van der Waals surface area contributed by atoms with Gasteiger partial charge in [-0.1, -0.05) is 13.8 Å². The number of amides is 1. The van der Waals surface area contributed by atoms with Crippen LogP contribution in [0.2, 0.25) is 0 Å². The molecule has 0 spiro atoms. The molecule has 7 heteroatoms. The molecule has 0 heterocycles. The quantitative estimate of drug-likeness (QED) is 0.462. The van der Waals surface area contributed by atoms with E-state index in [1.54, 1.807) is 0 Å². The second-order valence-corrected chi connectivity index (χ2v) is 4.56. The number of ether oxygens (including phenoxy) is 2. The fourth-order valence-corrected chi connectivity index (χ4v) is 1.38. The second-order valence-electron chi connectivity index (χ2n) is 4.56. The molecule has 0 aliphatic carbocycles. The molecule has 0 aromatic heterocycles. The summed E-state index contributed by atoms with van der Waals surface area (Å²) in [6, 6.07) is 0. The second kappa shape index (κ2) is 18.0. The molecule has 7 nitrogen and oxygen atoms in total. The Morgan fingerprint density at radius 2 is 1.68 bits per heavy atom. The number of rotatable bonds is 13. The van der Waals surface area contributed by atoms with Crippen molar-refractivity contribution >= 4 is 11.7 Å². The topological polar surface area (TPSA) is 79.9 Å². The number of carbonyl (C=O) groups excluding carboxylic acids is 2. The molecular weight excluding hydrogens is 286 g/mol. The summed E-state index contributed by atoms with van der Waals surface area (Å²) in [6.45, 7) is 9.39. The molecular formula is C15H33N3O4. The van der Waals surface area contributed by atoms with E-state index in [9.17, 15) is 9.59 Å². The average Bonchev–Trinajstić information content (AvgIpc) is 2.49.